The maximum absolute atomic E-state index is 13.6. The maximum Gasteiger partial charge on any atom is 0.126 e. The summed E-state index contributed by atoms with van der Waals surface area (Å²) in [5, 5.41) is 0. The Morgan fingerprint density at radius 2 is 1.74 bits per heavy atom. The molecule has 2 aromatic rings. The number of nitrogens with two attached hydrogens (primary N) is 1. The van der Waals surface area contributed by atoms with E-state index in [0.29, 0.717) is 12.0 Å². The Labute approximate surface area is 112 Å². The Morgan fingerprint density at radius 3 is 2.42 bits per heavy atom. The number of hydrogen-bond acceptors (Lipinski definition) is 1. The Morgan fingerprint density at radius 1 is 1.05 bits per heavy atom. The van der Waals surface area contributed by atoms with Crippen LogP contribution in [0.1, 0.15) is 24.1 Å². The third-order valence-corrected chi connectivity index (χ3v) is 3.35. The van der Waals surface area contributed by atoms with Gasteiger partial charge in [-0.15, -0.1) is 0 Å². The van der Waals surface area contributed by atoms with E-state index in [1.807, 2.05) is 37.3 Å². The van der Waals surface area contributed by atoms with Crippen LogP contribution in [0.5, 0.6) is 0 Å². The first kappa shape index (κ1) is 13.7. The zero-order valence-electron chi connectivity index (χ0n) is 10.8. The lowest BCUT2D eigenvalue weighted by Crippen LogP contribution is -2.21. The first-order chi connectivity index (χ1) is 9.08. The van der Waals surface area contributed by atoms with Crippen molar-refractivity contribution in [2.24, 2.45) is 11.7 Å². The van der Waals surface area contributed by atoms with Crippen LogP contribution in [0.25, 0.3) is 0 Å². The van der Waals surface area contributed by atoms with Crippen molar-refractivity contribution in [3.63, 3.8) is 0 Å². The van der Waals surface area contributed by atoms with Gasteiger partial charge in [-0.05, 0) is 41.7 Å². The molecule has 0 amide bonds. The van der Waals surface area contributed by atoms with Crippen molar-refractivity contribution in [3.05, 3.63) is 71.3 Å². The molecule has 2 atom stereocenters. The lowest BCUT2D eigenvalue weighted by Gasteiger charge is -2.20. The largest absolute Gasteiger partial charge is 0.324 e. The molecule has 100 valence electrons. The van der Waals surface area contributed by atoms with Crippen molar-refractivity contribution in [2.75, 3.05) is 0 Å². The number of benzene rings is 2. The second-order valence-corrected chi connectivity index (χ2v) is 4.85. The van der Waals surface area contributed by atoms with Crippen molar-refractivity contribution in [1.82, 2.24) is 0 Å². The van der Waals surface area contributed by atoms with E-state index >= 15 is 0 Å². The highest BCUT2D eigenvalue weighted by Crippen LogP contribution is 2.24. The van der Waals surface area contributed by atoms with E-state index in [1.165, 1.54) is 6.07 Å². The van der Waals surface area contributed by atoms with Crippen molar-refractivity contribution in [1.29, 1.82) is 0 Å². The standard InChI is InChI=1S/C16H17F2N/c1-11(16(19)12-5-3-2-4-6-12)9-13-10-14(17)7-8-15(13)18/h2-8,10-11,16H,9,19H2,1H3. The quantitative estimate of drug-likeness (QED) is 0.889. The van der Waals surface area contributed by atoms with E-state index in [4.69, 9.17) is 5.73 Å². The molecule has 3 heteroatoms. The van der Waals surface area contributed by atoms with Crippen LogP contribution in [0.3, 0.4) is 0 Å². The minimum atomic E-state index is -0.420. The molecule has 0 aliphatic carbocycles. The summed E-state index contributed by atoms with van der Waals surface area (Å²) in [6.45, 7) is 1.95. The molecule has 0 aliphatic heterocycles. The fourth-order valence-electron chi connectivity index (χ4n) is 2.18. The SMILES string of the molecule is CC(Cc1cc(F)ccc1F)C(N)c1ccccc1. The van der Waals surface area contributed by atoms with Crippen molar-refractivity contribution < 1.29 is 8.78 Å². The average molecular weight is 261 g/mol. The van der Waals surface area contributed by atoms with Gasteiger partial charge in [0.15, 0.2) is 0 Å². The van der Waals surface area contributed by atoms with Crippen molar-refractivity contribution in [3.8, 4) is 0 Å². The van der Waals surface area contributed by atoms with E-state index < -0.39 is 5.82 Å². The van der Waals surface area contributed by atoms with Crippen LogP contribution in [-0.4, -0.2) is 0 Å². The van der Waals surface area contributed by atoms with Gasteiger partial charge in [0, 0.05) is 6.04 Å². The fraction of sp³-hybridized carbons (Fsp3) is 0.250. The summed E-state index contributed by atoms with van der Waals surface area (Å²) in [6.07, 6.45) is 0.416. The van der Waals surface area contributed by atoms with Crippen LogP contribution >= 0.6 is 0 Å². The van der Waals surface area contributed by atoms with Gasteiger partial charge in [0.05, 0.1) is 0 Å². The third-order valence-electron chi connectivity index (χ3n) is 3.35. The molecule has 2 rings (SSSR count). The van der Waals surface area contributed by atoms with Crippen molar-refractivity contribution in [2.45, 2.75) is 19.4 Å². The van der Waals surface area contributed by atoms with Gasteiger partial charge in [-0.2, -0.15) is 0 Å². The lowest BCUT2D eigenvalue weighted by molar-refractivity contribution is 0.455. The van der Waals surface area contributed by atoms with Gasteiger partial charge >= 0.3 is 0 Å². The van der Waals surface area contributed by atoms with Gasteiger partial charge in [-0.3, -0.25) is 0 Å². The molecule has 0 saturated heterocycles. The summed E-state index contributed by atoms with van der Waals surface area (Å²) in [5.74, 6) is -0.774. The third kappa shape index (κ3) is 3.38. The van der Waals surface area contributed by atoms with Gasteiger partial charge < -0.3 is 5.73 Å². The smallest absolute Gasteiger partial charge is 0.126 e. The Bertz CT molecular complexity index is 540. The van der Waals surface area contributed by atoms with E-state index in [-0.39, 0.29) is 17.8 Å². The molecule has 0 saturated carbocycles. The molecule has 2 aromatic carbocycles. The van der Waals surface area contributed by atoms with E-state index in [0.717, 1.165) is 17.7 Å². The highest BCUT2D eigenvalue weighted by molar-refractivity contribution is 5.22. The monoisotopic (exact) mass is 261 g/mol. The first-order valence-electron chi connectivity index (χ1n) is 6.32. The second kappa shape index (κ2) is 5.93. The van der Waals surface area contributed by atoms with Crippen LogP contribution < -0.4 is 5.73 Å². The normalized spacial score (nSPS) is 14.1. The van der Waals surface area contributed by atoms with Crippen LogP contribution in [0, 0.1) is 17.6 Å². The molecule has 1 nitrogen and oxygen atoms in total. The van der Waals surface area contributed by atoms with Crippen LogP contribution in [0.4, 0.5) is 8.78 Å². The fourth-order valence-corrected chi connectivity index (χ4v) is 2.18. The highest BCUT2D eigenvalue weighted by atomic mass is 19.1. The van der Waals surface area contributed by atoms with Gasteiger partial charge in [0.2, 0.25) is 0 Å². The molecule has 0 bridgehead atoms. The van der Waals surface area contributed by atoms with Crippen LogP contribution in [0.2, 0.25) is 0 Å². The minimum absolute atomic E-state index is 0.0266. The zero-order chi connectivity index (χ0) is 13.8. The molecule has 0 spiro atoms. The highest BCUT2D eigenvalue weighted by Gasteiger charge is 2.17. The molecule has 2 unspecified atom stereocenters. The van der Waals surface area contributed by atoms with Crippen LogP contribution in [-0.2, 0) is 6.42 Å². The Kier molecular flexibility index (Phi) is 4.27. The average Bonchev–Trinajstić information content (AvgIpc) is 2.43. The Hall–Kier alpha value is -1.74. The number of halogens is 2. The molecule has 0 aliphatic rings. The summed E-state index contributed by atoms with van der Waals surface area (Å²) in [5.41, 5.74) is 7.54. The molecule has 0 radical (unpaired) electrons. The van der Waals surface area contributed by atoms with Gasteiger partial charge in [-0.1, -0.05) is 37.3 Å². The number of hydrogen-bond donors (Lipinski definition) is 1. The summed E-state index contributed by atoms with van der Waals surface area (Å²) >= 11 is 0. The predicted molar refractivity (Wildman–Crippen MR) is 72.6 cm³/mol. The van der Waals surface area contributed by atoms with Gasteiger partial charge in [-0.25, -0.2) is 8.78 Å². The van der Waals surface area contributed by atoms with Gasteiger partial charge in [0.1, 0.15) is 11.6 Å². The summed E-state index contributed by atoms with van der Waals surface area (Å²) in [7, 11) is 0. The summed E-state index contributed by atoms with van der Waals surface area (Å²) in [4.78, 5) is 0. The van der Waals surface area contributed by atoms with E-state index in [9.17, 15) is 8.78 Å². The maximum atomic E-state index is 13.6. The summed E-state index contributed by atoms with van der Waals surface area (Å²) < 4.78 is 26.7. The minimum Gasteiger partial charge on any atom is -0.324 e. The zero-order valence-corrected chi connectivity index (χ0v) is 10.8. The van der Waals surface area contributed by atoms with Crippen molar-refractivity contribution >= 4 is 0 Å². The van der Waals surface area contributed by atoms with Gasteiger partial charge in [0.25, 0.3) is 0 Å². The Balaban J connectivity index is 2.12. The number of rotatable bonds is 4. The summed E-state index contributed by atoms with van der Waals surface area (Å²) in [6, 6.07) is 13.0. The molecular formula is C16H17F2N. The molecule has 2 N–H and O–H groups in total. The molecular weight excluding hydrogens is 244 g/mol. The second-order valence-electron chi connectivity index (χ2n) is 4.85. The topological polar surface area (TPSA) is 26.0 Å². The molecule has 0 aromatic heterocycles. The predicted octanol–water partition coefficient (Wildman–Crippen LogP) is 3.84. The molecule has 19 heavy (non-hydrogen) atoms. The lowest BCUT2D eigenvalue weighted by atomic mass is 9.90. The van der Waals surface area contributed by atoms with E-state index in [1.54, 1.807) is 0 Å². The van der Waals surface area contributed by atoms with E-state index in [2.05, 4.69) is 0 Å². The first-order valence-corrected chi connectivity index (χ1v) is 6.32. The molecule has 0 heterocycles. The van der Waals surface area contributed by atoms with Crippen LogP contribution in [0.15, 0.2) is 48.5 Å². The molecule has 0 fully saturated rings.